The van der Waals surface area contributed by atoms with Gasteiger partial charge >= 0.3 is 4.87 Å². The molecule has 18 heavy (non-hydrogen) atoms. The minimum absolute atomic E-state index is 0.0348. The van der Waals surface area contributed by atoms with Crippen LogP contribution < -0.4 is 4.87 Å². The summed E-state index contributed by atoms with van der Waals surface area (Å²) in [5, 5.41) is 1.84. The van der Waals surface area contributed by atoms with E-state index in [1.54, 1.807) is 4.57 Å². The van der Waals surface area contributed by atoms with E-state index in [1.165, 1.54) is 11.3 Å². The number of hydrogen-bond acceptors (Lipinski definition) is 3. The maximum absolute atomic E-state index is 12.0. The molecular weight excluding hydrogens is 248 g/mol. The third-order valence-electron chi connectivity index (χ3n) is 3.66. The van der Waals surface area contributed by atoms with E-state index in [0.717, 1.165) is 37.5 Å². The van der Waals surface area contributed by atoms with Crippen molar-refractivity contribution in [3.63, 3.8) is 0 Å². The number of thiazole rings is 1. The highest BCUT2D eigenvalue weighted by molar-refractivity contribution is 7.07. The number of piperidine rings is 1. The Morgan fingerprint density at radius 2 is 2.11 bits per heavy atom. The molecule has 0 unspecified atom stereocenters. The topological polar surface area (TPSA) is 42.3 Å². The summed E-state index contributed by atoms with van der Waals surface area (Å²) in [5.41, 5.74) is 0.949. The van der Waals surface area contributed by atoms with Gasteiger partial charge in [0.05, 0.1) is 0 Å². The molecule has 0 N–H and O–H groups in total. The Kier molecular flexibility index (Phi) is 4.22. The number of carbonyl (C=O) groups is 1. The summed E-state index contributed by atoms with van der Waals surface area (Å²) in [7, 11) is 0. The molecule has 2 rings (SSSR count). The van der Waals surface area contributed by atoms with E-state index >= 15 is 0 Å². The quantitative estimate of drug-likeness (QED) is 0.840. The van der Waals surface area contributed by atoms with E-state index in [9.17, 15) is 9.59 Å². The lowest BCUT2D eigenvalue weighted by Crippen LogP contribution is -2.38. The first-order valence-electron chi connectivity index (χ1n) is 6.50. The van der Waals surface area contributed by atoms with Crippen molar-refractivity contribution in [1.82, 2.24) is 9.47 Å². The van der Waals surface area contributed by atoms with Gasteiger partial charge in [-0.1, -0.05) is 18.3 Å². The van der Waals surface area contributed by atoms with Crippen molar-refractivity contribution in [2.75, 3.05) is 13.1 Å². The Bertz CT molecular complexity index is 470. The molecule has 0 aromatic carbocycles. The highest BCUT2D eigenvalue weighted by atomic mass is 32.1. The molecule has 0 spiro atoms. The first-order chi connectivity index (χ1) is 8.58. The summed E-state index contributed by atoms with van der Waals surface area (Å²) in [6.45, 7) is 6.40. The van der Waals surface area contributed by atoms with Crippen LogP contribution in [0.5, 0.6) is 0 Å². The number of rotatable bonds is 3. The molecule has 0 atom stereocenters. The van der Waals surface area contributed by atoms with Gasteiger partial charge in [0.25, 0.3) is 0 Å². The predicted molar refractivity (Wildman–Crippen MR) is 72.9 cm³/mol. The number of aromatic nitrogens is 1. The number of hydrogen-bond donors (Lipinski definition) is 0. The van der Waals surface area contributed by atoms with E-state index in [0.29, 0.717) is 13.0 Å². The van der Waals surface area contributed by atoms with Gasteiger partial charge in [-0.3, -0.25) is 9.59 Å². The van der Waals surface area contributed by atoms with Crippen LogP contribution in [0.2, 0.25) is 0 Å². The Balaban J connectivity index is 1.87. The van der Waals surface area contributed by atoms with Crippen molar-refractivity contribution >= 4 is 17.2 Å². The summed E-state index contributed by atoms with van der Waals surface area (Å²) in [4.78, 5) is 25.5. The van der Waals surface area contributed by atoms with Crippen LogP contribution in [0.15, 0.2) is 10.2 Å². The molecule has 1 aromatic rings. The summed E-state index contributed by atoms with van der Waals surface area (Å²) >= 11 is 1.20. The van der Waals surface area contributed by atoms with E-state index in [-0.39, 0.29) is 10.8 Å². The molecule has 0 aliphatic carbocycles. The van der Waals surface area contributed by atoms with E-state index in [4.69, 9.17) is 0 Å². The largest absolute Gasteiger partial charge is 0.343 e. The van der Waals surface area contributed by atoms with E-state index in [2.05, 4.69) is 6.92 Å². The molecule has 1 aliphatic heterocycles. The second-order valence-electron chi connectivity index (χ2n) is 5.11. The maximum Gasteiger partial charge on any atom is 0.307 e. The van der Waals surface area contributed by atoms with Gasteiger partial charge in [0, 0.05) is 37.1 Å². The molecule has 2 heterocycles. The van der Waals surface area contributed by atoms with Gasteiger partial charge in [0.2, 0.25) is 5.91 Å². The average molecular weight is 268 g/mol. The van der Waals surface area contributed by atoms with Crippen molar-refractivity contribution in [3.05, 3.63) is 20.7 Å². The smallest absolute Gasteiger partial charge is 0.307 e. The minimum Gasteiger partial charge on any atom is -0.343 e. The summed E-state index contributed by atoms with van der Waals surface area (Å²) in [6.07, 6.45) is 2.64. The van der Waals surface area contributed by atoms with Crippen molar-refractivity contribution < 1.29 is 4.79 Å². The summed E-state index contributed by atoms with van der Waals surface area (Å²) in [5.74, 6) is 0.912. The SMILES string of the molecule is Cc1csc(=O)n1CCC(=O)N1CCC(C)CC1. The molecule has 0 bridgehead atoms. The van der Waals surface area contributed by atoms with Crippen LogP contribution >= 0.6 is 11.3 Å². The van der Waals surface area contributed by atoms with Crippen LogP contribution in [0.1, 0.15) is 31.9 Å². The fraction of sp³-hybridized carbons (Fsp3) is 0.692. The second-order valence-corrected chi connectivity index (χ2v) is 5.93. The zero-order chi connectivity index (χ0) is 13.1. The molecule has 1 aromatic heterocycles. The van der Waals surface area contributed by atoms with Gasteiger partial charge in [-0.2, -0.15) is 0 Å². The van der Waals surface area contributed by atoms with Crippen LogP contribution in [-0.4, -0.2) is 28.5 Å². The van der Waals surface area contributed by atoms with Crippen molar-refractivity contribution in [3.8, 4) is 0 Å². The lowest BCUT2D eigenvalue weighted by Gasteiger charge is -2.30. The van der Waals surface area contributed by atoms with Crippen LogP contribution in [0.25, 0.3) is 0 Å². The summed E-state index contributed by atoms with van der Waals surface area (Å²) < 4.78 is 1.69. The Morgan fingerprint density at radius 3 is 2.67 bits per heavy atom. The number of amides is 1. The molecule has 1 amide bonds. The summed E-state index contributed by atoms with van der Waals surface area (Å²) in [6, 6.07) is 0. The molecule has 0 saturated carbocycles. The molecule has 1 saturated heterocycles. The number of likely N-dealkylation sites (tertiary alicyclic amines) is 1. The molecular formula is C13H20N2O2S. The number of carbonyl (C=O) groups excluding carboxylic acids is 1. The van der Waals surface area contributed by atoms with E-state index in [1.807, 2.05) is 17.2 Å². The lowest BCUT2D eigenvalue weighted by molar-refractivity contribution is -0.132. The van der Waals surface area contributed by atoms with Crippen LogP contribution in [0.3, 0.4) is 0 Å². The normalized spacial score (nSPS) is 17.1. The Morgan fingerprint density at radius 1 is 1.44 bits per heavy atom. The lowest BCUT2D eigenvalue weighted by atomic mass is 9.99. The molecule has 0 radical (unpaired) electrons. The monoisotopic (exact) mass is 268 g/mol. The zero-order valence-electron chi connectivity index (χ0n) is 11.0. The highest BCUT2D eigenvalue weighted by Gasteiger charge is 2.20. The molecule has 4 nitrogen and oxygen atoms in total. The molecule has 1 fully saturated rings. The highest BCUT2D eigenvalue weighted by Crippen LogP contribution is 2.16. The van der Waals surface area contributed by atoms with Gasteiger partial charge in [0.15, 0.2) is 0 Å². The third-order valence-corrected chi connectivity index (χ3v) is 4.54. The Labute approximate surface area is 111 Å². The van der Waals surface area contributed by atoms with Crippen LogP contribution in [0.4, 0.5) is 0 Å². The number of aryl methyl sites for hydroxylation is 1. The molecule has 1 aliphatic rings. The minimum atomic E-state index is 0.0348. The van der Waals surface area contributed by atoms with Gasteiger partial charge in [-0.25, -0.2) is 0 Å². The van der Waals surface area contributed by atoms with Crippen molar-refractivity contribution in [1.29, 1.82) is 0 Å². The second kappa shape index (κ2) is 5.69. The van der Waals surface area contributed by atoms with Crippen molar-refractivity contribution in [2.45, 2.75) is 39.7 Å². The maximum atomic E-state index is 12.0. The molecule has 5 heteroatoms. The molecule has 100 valence electrons. The first-order valence-corrected chi connectivity index (χ1v) is 7.38. The van der Waals surface area contributed by atoms with Crippen LogP contribution in [-0.2, 0) is 11.3 Å². The van der Waals surface area contributed by atoms with Crippen molar-refractivity contribution in [2.24, 2.45) is 5.92 Å². The Hall–Kier alpha value is -1.10. The van der Waals surface area contributed by atoms with Gasteiger partial charge in [-0.05, 0) is 25.7 Å². The standard InChI is InChI=1S/C13H20N2O2S/c1-10-3-6-14(7-4-10)12(16)5-8-15-11(2)9-18-13(15)17/h9-10H,3-8H2,1-2H3. The number of nitrogens with zero attached hydrogens (tertiary/aromatic N) is 2. The fourth-order valence-electron chi connectivity index (χ4n) is 2.30. The van der Waals surface area contributed by atoms with Gasteiger partial charge in [-0.15, -0.1) is 0 Å². The van der Waals surface area contributed by atoms with Gasteiger partial charge < -0.3 is 9.47 Å². The zero-order valence-corrected chi connectivity index (χ0v) is 11.8. The van der Waals surface area contributed by atoms with Gasteiger partial charge in [0.1, 0.15) is 0 Å². The first kappa shape index (κ1) is 13.3. The average Bonchev–Trinajstić information content (AvgIpc) is 2.67. The van der Waals surface area contributed by atoms with Crippen LogP contribution in [0, 0.1) is 12.8 Å². The predicted octanol–water partition coefficient (Wildman–Crippen LogP) is 1.87. The van der Waals surface area contributed by atoms with E-state index < -0.39 is 0 Å². The third kappa shape index (κ3) is 3.02. The fourth-order valence-corrected chi connectivity index (χ4v) is 3.06.